The summed E-state index contributed by atoms with van der Waals surface area (Å²) in [6.45, 7) is 5.93. The average Bonchev–Trinajstić information content (AvgIpc) is 2.92. The second-order valence-corrected chi connectivity index (χ2v) is 7.69. The molecule has 0 spiro atoms. The van der Waals surface area contributed by atoms with E-state index in [4.69, 9.17) is 11.6 Å². The standard InChI is InChI=1S/C22H22ClN3O2/c1-15-3-5-16(6-4-15)19-20(23)22(28)26(21(19)27)18-9-7-17(8-10-18)25-13-11-24(2)12-14-25/h3-10H,11-14H2,1-2H3. The van der Waals surface area contributed by atoms with E-state index in [0.29, 0.717) is 11.3 Å². The molecule has 0 bridgehead atoms. The first kappa shape index (κ1) is 18.7. The maximum absolute atomic E-state index is 13.0. The van der Waals surface area contributed by atoms with Crippen LogP contribution in [-0.4, -0.2) is 49.9 Å². The molecule has 0 saturated carbocycles. The molecule has 6 heteroatoms. The molecule has 4 rings (SSSR count). The van der Waals surface area contributed by atoms with Crippen LogP contribution in [0, 0.1) is 6.92 Å². The highest BCUT2D eigenvalue weighted by Crippen LogP contribution is 2.35. The van der Waals surface area contributed by atoms with Crippen molar-refractivity contribution in [3.05, 3.63) is 64.7 Å². The number of imide groups is 1. The zero-order valence-corrected chi connectivity index (χ0v) is 16.7. The number of hydrogen-bond acceptors (Lipinski definition) is 4. The van der Waals surface area contributed by atoms with Crippen LogP contribution in [0.4, 0.5) is 11.4 Å². The van der Waals surface area contributed by atoms with Gasteiger partial charge in [0.1, 0.15) is 5.03 Å². The van der Waals surface area contributed by atoms with E-state index >= 15 is 0 Å². The van der Waals surface area contributed by atoms with E-state index in [-0.39, 0.29) is 16.5 Å². The van der Waals surface area contributed by atoms with Crippen LogP contribution < -0.4 is 9.80 Å². The summed E-state index contributed by atoms with van der Waals surface area (Å²) in [6, 6.07) is 15.0. The van der Waals surface area contributed by atoms with Gasteiger partial charge in [0.15, 0.2) is 0 Å². The van der Waals surface area contributed by atoms with E-state index in [0.717, 1.165) is 42.3 Å². The molecule has 5 nitrogen and oxygen atoms in total. The third kappa shape index (κ3) is 3.32. The van der Waals surface area contributed by atoms with Gasteiger partial charge in [-0.25, -0.2) is 4.90 Å². The van der Waals surface area contributed by atoms with Gasteiger partial charge in [0, 0.05) is 31.9 Å². The van der Waals surface area contributed by atoms with Crippen LogP contribution >= 0.6 is 11.6 Å². The summed E-state index contributed by atoms with van der Waals surface area (Å²) in [4.78, 5) is 31.4. The lowest BCUT2D eigenvalue weighted by molar-refractivity contribution is -0.119. The number of rotatable bonds is 3. The molecule has 0 N–H and O–H groups in total. The van der Waals surface area contributed by atoms with Gasteiger partial charge < -0.3 is 9.80 Å². The fourth-order valence-electron chi connectivity index (χ4n) is 3.59. The molecule has 2 amide bonds. The molecule has 2 heterocycles. The van der Waals surface area contributed by atoms with Gasteiger partial charge in [-0.3, -0.25) is 9.59 Å². The number of benzene rings is 2. The molecule has 0 atom stereocenters. The van der Waals surface area contributed by atoms with Gasteiger partial charge >= 0.3 is 0 Å². The Morgan fingerprint density at radius 2 is 1.36 bits per heavy atom. The Balaban J connectivity index is 1.57. The van der Waals surface area contributed by atoms with Crippen LogP contribution in [0.5, 0.6) is 0 Å². The average molecular weight is 396 g/mol. The molecule has 144 valence electrons. The lowest BCUT2D eigenvalue weighted by Gasteiger charge is -2.34. The van der Waals surface area contributed by atoms with Crippen molar-refractivity contribution in [1.82, 2.24) is 4.90 Å². The monoisotopic (exact) mass is 395 g/mol. The quantitative estimate of drug-likeness (QED) is 0.748. The SMILES string of the molecule is Cc1ccc(C2=C(Cl)C(=O)N(c3ccc(N4CCN(C)CC4)cc3)C2=O)cc1. The largest absolute Gasteiger partial charge is 0.369 e. The van der Waals surface area contributed by atoms with E-state index in [1.165, 1.54) is 0 Å². The molecule has 0 aromatic heterocycles. The zero-order valence-electron chi connectivity index (χ0n) is 16.0. The number of carbonyl (C=O) groups excluding carboxylic acids is 2. The van der Waals surface area contributed by atoms with Crippen molar-refractivity contribution in [2.75, 3.05) is 43.0 Å². The first-order chi connectivity index (χ1) is 13.5. The van der Waals surface area contributed by atoms with E-state index in [1.54, 1.807) is 0 Å². The van der Waals surface area contributed by atoms with Crippen LogP contribution in [-0.2, 0) is 9.59 Å². The topological polar surface area (TPSA) is 43.9 Å². The molecule has 2 aliphatic heterocycles. The van der Waals surface area contributed by atoms with Crippen molar-refractivity contribution in [2.24, 2.45) is 0 Å². The Morgan fingerprint density at radius 3 is 1.96 bits per heavy atom. The van der Waals surface area contributed by atoms with Gasteiger partial charge in [-0.1, -0.05) is 41.4 Å². The van der Waals surface area contributed by atoms with Crippen molar-refractivity contribution in [1.29, 1.82) is 0 Å². The maximum Gasteiger partial charge on any atom is 0.277 e. The summed E-state index contributed by atoms with van der Waals surface area (Å²) in [5, 5.41) is -0.0306. The molecule has 2 aromatic rings. The van der Waals surface area contributed by atoms with Gasteiger partial charge in [-0.05, 0) is 43.8 Å². The number of aryl methyl sites for hydroxylation is 1. The number of halogens is 1. The van der Waals surface area contributed by atoms with Crippen molar-refractivity contribution in [2.45, 2.75) is 6.92 Å². The van der Waals surface area contributed by atoms with Crippen molar-refractivity contribution >= 4 is 40.4 Å². The molecular formula is C22H22ClN3O2. The summed E-state index contributed by atoms with van der Waals surface area (Å²) >= 11 is 6.26. The van der Waals surface area contributed by atoms with Gasteiger partial charge in [0.25, 0.3) is 11.8 Å². The Hall–Kier alpha value is -2.63. The smallest absolute Gasteiger partial charge is 0.277 e. The Bertz CT molecular complexity index is 943. The number of piperazine rings is 1. The third-order valence-electron chi connectivity index (χ3n) is 5.34. The number of hydrogen-bond donors (Lipinski definition) is 0. The van der Waals surface area contributed by atoms with Crippen molar-refractivity contribution < 1.29 is 9.59 Å². The molecule has 1 fully saturated rings. The summed E-state index contributed by atoms with van der Waals surface area (Å²) in [7, 11) is 2.12. The minimum atomic E-state index is -0.477. The Labute approximate surface area is 169 Å². The number of anilines is 2. The molecular weight excluding hydrogens is 374 g/mol. The maximum atomic E-state index is 13.0. The second kappa shape index (κ2) is 7.41. The van der Waals surface area contributed by atoms with Gasteiger partial charge in [-0.15, -0.1) is 0 Å². The third-order valence-corrected chi connectivity index (χ3v) is 5.69. The van der Waals surface area contributed by atoms with Crippen molar-refractivity contribution in [3.8, 4) is 0 Å². The lowest BCUT2D eigenvalue weighted by Crippen LogP contribution is -2.44. The van der Waals surface area contributed by atoms with Crippen LogP contribution in [0.2, 0.25) is 0 Å². The zero-order chi connectivity index (χ0) is 19.8. The first-order valence-corrected chi connectivity index (χ1v) is 9.72. The predicted molar refractivity (Wildman–Crippen MR) is 113 cm³/mol. The Morgan fingerprint density at radius 1 is 0.786 bits per heavy atom. The molecule has 1 saturated heterocycles. The number of likely N-dealkylation sites (N-methyl/N-ethyl adjacent to an activating group) is 1. The summed E-state index contributed by atoms with van der Waals surface area (Å²) < 4.78 is 0. The lowest BCUT2D eigenvalue weighted by atomic mass is 10.0. The first-order valence-electron chi connectivity index (χ1n) is 9.35. The molecule has 0 aliphatic carbocycles. The fourth-order valence-corrected chi connectivity index (χ4v) is 3.86. The van der Waals surface area contributed by atoms with Crippen LogP contribution in [0.3, 0.4) is 0 Å². The molecule has 28 heavy (non-hydrogen) atoms. The summed E-state index contributed by atoms with van der Waals surface area (Å²) in [5.74, 6) is -0.860. The van der Waals surface area contributed by atoms with Gasteiger partial charge in [0.2, 0.25) is 0 Å². The highest BCUT2D eigenvalue weighted by atomic mass is 35.5. The number of nitrogens with zero attached hydrogens (tertiary/aromatic N) is 3. The summed E-state index contributed by atoms with van der Waals surface area (Å²) in [6.07, 6.45) is 0. The van der Waals surface area contributed by atoms with Crippen LogP contribution in [0.25, 0.3) is 5.57 Å². The minimum absolute atomic E-state index is 0.0306. The van der Waals surface area contributed by atoms with E-state index in [2.05, 4.69) is 16.8 Å². The highest BCUT2D eigenvalue weighted by molar-refractivity contribution is 6.60. The molecule has 0 radical (unpaired) electrons. The van der Waals surface area contributed by atoms with Crippen LogP contribution in [0.15, 0.2) is 53.6 Å². The molecule has 2 aromatic carbocycles. The Kier molecular flexibility index (Phi) is 4.96. The number of amides is 2. The van der Waals surface area contributed by atoms with E-state index in [9.17, 15) is 9.59 Å². The fraction of sp³-hybridized carbons (Fsp3) is 0.273. The van der Waals surface area contributed by atoms with E-state index < -0.39 is 5.91 Å². The van der Waals surface area contributed by atoms with Gasteiger partial charge in [0.05, 0.1) is 11.3 Å². The predicted octanol–water partition coefficient (Wildman–Crippen LogP) is 3.27. The van der Waals surface area contributed by atoms with E-state index in [1.807, 2.05) is 55.5 Å². The molecule has 2 aliphatic rings. The minimum Gasteiger partial charge on any atom is -0.369 e. The number of carbonyl (C=O) groups is 2. The second-order valence-electron chi connectivity index (χ2n) is 7.31. The molecule has 0 unspecified atom stereocenters. The van der Waals surface area contributed by atoms with Crippen LogP contribution in [0.1, 0.15) is 11.1 Å². The highest BCUT2D eigenvalue weighted by Gasteiger charge is 2.39. The normalized spacial score (nSPS) is 18.4. The summed E-state index contributed by atoms with van der Waals surface area (Å²) in [5.41, 5.74) is 3.62. The van der Waals surface area contributed by atoms with Crippen molar-refractivity contribution in [3.63, 3.8) is 0 Å². The van der Waals surface area contributed by atoms with Gasteiger partial charge in [-0.2, -0.15) is 0 Å².